The molecule has 0 atom stereocenters. The van der Waals surface area contributed by atoms with Crippen LogP contribution in [-0.4, -0.2) is 37.4 Å². The van der Waals surface area contributed by atoms with Gasteiger partial charge in [0.1, 0.15) is 13.2 Å². The summed E-state index contributed by atoms with van der Waals surface area (Å²) in [7, 11) is 0. The third-order valence-corrected chi connectivity index (χ3v) is 1.23. The molecule has 0 saturated heterocycles. The zero-order valence-electron chi connectivity index (χ0n) is 8.02. The molecule has 0 aromatic heterocycles. The second kappa shape index (κ2) is 8.24. The number of ether oxygens (including phenoxy) is 1. The van der Waals surface area contributed by atoms with Crippen molar-refractivity contribution in [3.05, 3.63) is 10.1 Å². The van der Waals surface area contributed by atoms with Crippen LogP contribution in [0.5, 0.6) is 0 Å². The van der Waals surface area contributed by atoms with Gasteiger partial charge in [0.15, 0.2) is 0 Å². The van der Waals surface area contributed by atoms with E-state index in [4.69, 9.17) is 4.74 Å². The summed E-state index contributed by atoms with van der Waals surface area (Å²) in [4.78, 5) is 24.5. The van der Waals surface area contributed by atoms with Crippen LogP contribution in [0.2, 0.25) is 0 Å². The molecule has 0 heterocycles. The van der Waals surface area contributed by atoms with Crippen molar-refractivity contribution in [1.29, 1.82) is 0 Å². The third kappa shape index (κ3) is 8.72. The van der Waals surface area contributed by atoms with Gasteiger partial charge in [-0.25, -0.2) is 0 Å². The van der Waals surface area contributed by atoms with E-state index in [2.05, 4.69) is 10.2 Å². The third-order valence-electron chi connectivity index (χ3n) is 1.23. The molecule has 7 heteroatoms. The molecule has 0 rings (SSSR count). The molecule has 0 fully saturated rings. The number of carbonyl (C=O) groups excluding carboxylic acids is 1. The zero-order valence-corrected chi connectivity index (χ0v) is 8.02. The van der Waals surface area contributed by atoms with Gasteiger partial charge in [-0.15, -0.1) is 10.1 Å². The monoisotopic (exact) mass is 206 g/mol. The minimum Gasteiger partial charge on any atom is -0.370 e. The summed E-state index contributed by atoms with van der Waals surface area (Å²) in [5.41, 5.74) is 0. The van der Waals surface area contributed by atoms with Crippen molar-refractivity contribution < 1.29 is 19.5 Å². The number of carbonyl (C=O) groups is 1. The minimum absolute atomic E-state index is 0.0283. The van der Waals surface area contributed by atoms with Crippen LogP contribution in [0.4, 0.5) is 0 Å². The maximum absolute atomic E-state index is 10.9. The van der Waals surface area contributed by atoms with Gasteiger partial charge in [0.25, 0.3) is 5.09 Å². The molecule has 0 radical (unpaired) electrons. The van der Waals surface area contributed by atoms with Crippen LogP contribution in [0, 0.1) is 10.1 Å². The van der Waals surface area contributed by atoms with Gasteiger partial charge in [-0.3, -0.25) is 4.79 Å². The fraction of sp³-hybridized carbons (Fsp3) is 0.857. The van der Waals surface area contributed by atoms with Crippen molar-refractivity contribution in [3.8, 4) is 0 Å². The molecule has 0 saturated carbocycles. The van der Waals surface area contributed by atoms with Crippen molar-refractivity contribution in [1.82, 2.24) is 5.32 Å². The van der Waals surface area contributed by atoms with Crippen LogP contribution in [0.3, 0.4) is 0 Å². The Morgan fingerprint density at radius 2 is 2.21 bits per heavy atom. The van der Waals surface area contributed by atoms with Crippen molar-refractivity contribution >= 4 is 5.91 Å². The van der Waals surface area contributed by atoms with E-state index in [0.717, 1.165) is 6.42 Å². The first kappa shape index (κ1) is 12.6. The summed E-state index contributed by atoms with van der Waals surface area (Å²) in [6.07, 6.45) is 0.857. The van der Waals surface area contributed by atoms with Crippen LogP contribution in [0.15, 0.2) is 0 Å². The van der Waals surface area contributed by atoms with Gasteiger partial charge in [0.05, 0.1) is 6.61 Å². The molecule has 82 valence electrons. The summed E-state index contributed by atoms with van der Waals surface area (Å²) < 4.78 is 4.80. The molecular weight excluding hydrogens is 192 g/mol. The van der Waals surface area contributed by atoms with Crippen molar-refractivity contribution in [2.75, 3.05) is 26.4 Å². The normalized spacial score (nSPS) is 9.50. The molecule has 0 aliphatic heterocycles. The Morgan fingerprint density at radius 1 is 1.50 bits per heavy atom. The minimum atomic E-state index is -0.902. The van der Waals surface area contributed by atoms with E-state index in [-0.39, 0.29) is 25.7 Å². The molecule has 1 N–H and O–H groups in total. The standard InChI is InChI=1S/C7H14N2O5/c1-2-3-8-7(10)6-13-4-5-14-9(11)12/h2-6H2,1H3,(H,8,10). The summed E-state index contributed by atoms with van der Waals surface area (Å²) in [5, 5.41) is 11.4. The average Bonchev–Trinajstić information content (AvgIpc) is 2.13. The van der Waals surface area contributed by atoms with E-state index in [1.165, 1.54) is 0 Å². The number of nitrogens with zero attached hydrogens (tertiary/aromatic N) is 1. The smallest absolute Gasteiger partial charge is 0.294 e. The maximum atomic E-state index is 10.9. The highest BCUT2D eigenvalue weighted by atomic mass is 17.0. The molecule has 0 unspecified atom stereocenters. The Hall–Kier alpha value is -1.37. The molecule has 1 amide bonds. The van der Waals surface area contributed by atoms with E-state index in [9.17, 15) is 14.9 Å². The lowest BCUT2D eigenvalue weighted by Crippen LogP contribution is -2.28. The van der Waals surface area contributed by atoms with E-state index < -0.39 is 5.09 Å². The number of hydrogen-bond acceptors (Lipinski definition) is 5. The van der Waals surface area contributed by atoms with Gasteiger partial charge in [0.2, 0.25) is 5.91 Å². The Bertz CT molecular complexity index is 185. The Labute approximate surface area is 81.5 Å². The number of rotatable bonds is 8. The van der Waals surface area contributed by atoms with Crippen molar-refractivity contribution in [2.45, 2.75) is 13.3 Å². The quantitative estimate of drug-likeness (QED) is 0.335. The van der Waals surface area contributed by atoms with Gasteiger partial charge in [-0.05, 0) is 6.42 Å². The lowest BCUT2D eigenvalue weighted by atomic mass is 10.5. The molecule has 0 aromatic rings. The average molecular weight is 206 g/mol. The highest BCUT2D eigenvalue weighted by molar-refractivity contribution is 5.77. The van der Waals surface area contributed by atoms with E-state index in [0.29, 0.717) is 6.54 Å². The molecule has 0 aliphatic carbocycles. The molecule has 0 spiro atoms. The Morgan fingerprint density at radius 3 is 2.79 bits per heavy atom. The first-order valence-electron chi connectivity index (χ1n) is 4.28. The van der Waals surface area contributed by atoms with Crippen LogP contribution >= 0.6 is 0 Å². The first-order chi connectivity index (χ1) is 6.66. The Kier molecular flexibility index (Phi) is 7.43. The molecule has 0 bridgehead atoms. The molecule has 0 aromatic carbocycles. The second-order valence-corrected chi connectivity index (χ2v) is 2.46. The highest BCUT2D eigenvalue weighted by Gasteiger charge is 2.00. The number of hydrogen-bond donors (Lipinski definition) is 1. The van der Waals surface area contributed by atoms with Gasteiger partial charge in [-0.2, -0.15) is 0 Å². The predicted octanol–water partition coefficient (Wildman–Crippen LogP) is -0.262. The molecule has 14 heavy (non-hydrogen) atoms. The van der Waals surface area contributed by atoms with Crippen molar-refractivity contribution in [3.63, 3.8) is 0 Å². The van der Waals surface area contributed by atoms with Gasteiger partial charge in [-0.1, -0.05) is 6.92 Å². The number of nitrogens with one attached hydrogen (secondary N) is 1. The first-order valence-corrected chi connectivity index (χ1v) is 4.28. The highest BCUT2D eigenvalue weighted by Crippen LogP contribution is 1.80. The summed E-state index contributed by atoms with van der Waals surface area (Å²) in [6.45, 7) is 2.31. The topological polar surface area (TPSA) is 90.7 Å². The van der Waals surface area contributed by atoms with E-state index in [1.54, 1.807) is 0 Å². The lowest BCUT2D eigenvalue weighted by molar-refractivity contribution is -0.758. The number of amides is 1. The van der Waals surface area contributed by atoms with Crippen LogP contribution in [-0.2, 0) is 14.4 Å². The molecular formula is C7H14N2O5. The van der Waals surface area contributed by atoms with Gasteiger partial charge in [0, 0.05) is 6.54 Å². The van der Waals surface area contributed by atoms with Crippen LogP contribution in [0.25, 0.3) is 0 Å². The molecule has 0 aliphatic rings. The molecule has 7 nitrogen and oxygen atoms in total. The SMILES string of the molecule is CCCNC(=O)COCCO[N+](=O)[O-]. The van der Waals surface area contributed by atoms with E-state index >= 15 is 0 Å². The van der Waals surface area contributed by atoms with Crippen molar-refractivity contribution in [2.24, 2.45) is 0 Å². The van der Waals surface area contributed by atoms with Crippen LogP contribution in [0.1, 0.15) is 13.3 Å². The van der Waals surface area contributed by atoms with Gasteiger partial charge < -0.3 is 14.9 Å². The van der Waals surface area contributed by atoms with Crippen LogP contribution < -0.4 is 5.32 Å². The predicted molar refractivity (Wildman–Crippen MR) is 47.1 cm³/mol. The fourth-order valence-corrected chi connectivity index (χ4v) is 0.651. The van der Waals surface area contributed by atoms with E-state index in [1.807, 2.05) is 6.92 Å². The maximum Gasteiger partial charge on any atom is 0.294 e. The van der Waals surface area contributed by atoms with Gasteiger partial charge >= 0.3 is 0 Å². The largest absolute Gasteiger partial charge is 0.370 e. The summed E-state index contributed by atoms with van der Waals surface area (Å²) >= 11 is 0. The Balaban J connectivity index is 3.19. The summed E-state index contributed by atoms with van der Waals surface area (Å²) in [6, 6.07) is 0. The second-order valence-electron chi connectivity index (χ2n) is 2.46. The fourth-order valence-electron chi connectivity index (χ4n) is 0.651. The zero-order chi connectivity index (χ0) is 10.8. The lowest BCUT2D eigenvalue weighted by Gasteiger charge is -2.04. The summed E-state index contributed by atoms with van der Waals surface area (Å²) in [5.74, 6) is -0.229.